The number of likely N-dealkylation sites (N-methyl/N-ethyl adjacent to an activating group) is 1. The van der Waals surface area contributed by atoms with Crippen LogP contribution in [0.5, 0.6) is 0 Å². The van der Waals surface area contributed by atoms with Crippen molar-refractivity contribution in [3.8, 4) is 10.6 Å². The molecule has 2 aromatic heterocycles. The lowest BCUT2D eigenvalue weighted by Crippen LogP contribution is -2.44. The maximum Gasteiger partial charge on any atom is 0.232 e. The van der Waals surface area contributed by atoms with Gasteiger partial charge in [0.25, 0.3) is 0 Å². The standard InChI is InChI=1S/C18H21N5OS/c1-12-3-5-13(6-4-12)18-20-14(11-25-18)9-16-21-17(22-24-16)15-10-19-7-8-23(15)2/h3-6,11,15,19H,7-10H2,1-2H3. The van der Waals surface area contributed by atoms with Crippen molar-refractivity contribution < 1.29 is 4.52 Å². The van der Waals surface area contributed by atoms with E-state index in [1.54, 1.807) is 11.3 Å². The van der Waals surface area contributed by atoms with Crippen molar-refractivity contribution in [2.75, 3.05) is 26.7 Å². The number of rotatable bonds is 4. The molecule has 3 aromatic rings. The van der Waals surface area contributed by atoms with Gasteiger partial charge >= 0.3 is 0 Å². The van der Waals surface area contributed by atoms with Crippen molar-refractivity contribution in [2.24, 2.45) is 0 Å². The van der Waals surface area contributed by atoms with Gasteiger partial charge in [0.2, 0.25) is 5.89 Å². The van der Waals surface area contributed by atoms with E-state index in [0.29, 0.717) is 12.3 Å². The first-order valence-corrected chi connectivity index (χ1v) is 9.32. The predicted molar refractivity (Wildman–Crippen MR) is 97.6 cm³/mol. The Morgan fingerprint density at radius 1 is 1.28 bits per heavy atom. The van der Waals surface area contributed by atoms with Crippen LogP contribution < -0.4 is 5.32 Å². The van der Waals surface area contributed by atoms with Crippen molar-refractivity contribution in [3.05, 3.63) is 52.6 Å². The van der Waals surface area contributed by atoms with Gasteiger partial charge in [-0.15, -0.1) is 11.3 Å². The van der Waals surface area contributed by atoms with Crippen molar-refractivity contribution in [1.29, 1.82) is 0 Å². The van der Waals surface area contributed by atoms with Gasteiger partial charge < -0.3 is 9.84 Å². The first-order valence-electron chi connectivity index (χ1n) is 8.44. The highest BCUT2D eigenvalue weighted by molar-refractivity contribution is 7.13. The van der Waals surface area contributed by atoms with E-state index in [0.717, 1.165) is 41.7 Å². The molecule has 4 rings (SSSR count). The van der Waals surface area contributed by atoms with E-state index in [4.69, 9.17) is 9.51 Å². The van der Waals surface area contributed by atoms with Crippen LogP contribution in [0, 0.1) is 6.92 Å². The third-order valence-electron chi connectivity index (χ3n) is 4.48. The van der Waals surface area contributed by atoms with Crippen LogP contribution in [0.1, 0.15) is 29.0 Å². The maximum atomic E-state index is 5.45. The molecular formula is C18H21N5OS. The molecule has 130 valence electrons. The van der Waals surface area contributed by atoms with Crippen LogP contribution in [0.25, 0.3) is 10.6 Å². The van der Waals surface area contributed by atoms with Crippen LogP contribution in [0.4, 0.5) is 0 Å². The van der Waals surface area contributed by atoms with E-state index in [9.17, 15) is 0 Å². The van der Waals surface area contributed by atoms with Gasteiger partial charge in [0, 0.05) is 30.6 Å². The molecule has 6 nitrogen and oxygen atoms in total. The number of aryl methyl sites for hydroxylation is 1. The molecule has 0 radical (unpaired) electrons. The molecular weight excluding hydrogens is 334 g/mol. The van der Waals surface area contributed by atoms with E-state index in [1.807, 2.05) is 0 Å². The van der Waals surface area contributed by atoms with E-state index < -0.39 is 0 Å². The second-order valence-electron chi connectivity index (χ2n) is 6.43. The zero-order valence-corrected chi connectivity index (χ0v) is 15.2. The first-order chi connectivity index (χ1) is 12.2. The molecule has 1 atom stereocenters. The van der Waals surface area contributed by atoms with Gasteiger partial charge in [-0.05, 0) is 14.0 Å². The number of nitrogens with zero attached hydrogens (tertiary/aromatic N) is 4. The van der Waals surface area contributed by atoms with E-state index >= 15 is 0 Å². The summed E-state index contributed by atoms with van der Waals surface area (Å²) in [6, 6.07) is 8.60. The van der Waals surface area contributed by atoms with Crippen LogP contribution >= 0.6 is 11.3 Å². The molecule has 3 heterocycles. The van der Waals surface area contributed by atoms with Gasteiger partial charge in [0.1, 0.15) is 5.01 Å². The summed E-state index contributed by atoms with van der Waals surface area (Å²) in [5, 5.41) is 10.6. The molecule has 25 heavy (non-hydrogen) atoms. The summed E-state index contributed by atoms with van der Waals surface area (Å²) in [6.45, 7) is 4.92. The largest absolute Gasteiger partial charge is 0.339 e. The molecule has 1 aromatic carbocycles. The predicted octanol–water partition coefficient (Wildman–Crippen LogP) is 2.67. The Kier molecular flexibility index (Phi) is 4.61. The minimum absolute atomic E-state index is 0.171. The fourth-order valence-electron chi connectivity index (χ4n) is 2.94. The SMILES string of the molecule is Cc1ccc(-c2nc(Cc3nc(C4CNCCN4C)no3)cs2)cc1. The Balaban J connectivity index is 1.47. The quantitative estimate of drug-likeness (QED) is 0.776. The van der Waals surface area contributed by atoms with Crippen molar-refractivity contribution >= 4 is 11.3 Å². The van der Waals surface area contributed by atoms with Gasteiger partial charge in [-0.25, -0.2) is 4.98 Å². The average Bonchev–Trinajstić information content (AvgIpc) is 3.26. The lowest BCUT2D eigenvalue weighted by molar-refractivity contribution is 0.190. The molecule has 7 heteroatoms. The lowest BCUT2D eigenvalue weighted by atomic mass is 10.2. The van der Waals surface area contributed by atoms with Crippen LogP contribution in [0.15, 0.2) is 34.2 Å². The Labute approximate surface area is 150 Å². The number of piperazine rings is 1. The fraction of sp³-hybridized carbons (Fsp3) is 0.389. The number of thiazole rings is 1. The van der Waals surface area contributed by atoms with E-state index in [1.165, 1.54) is 5.56 Å². The summed E-state index contributed by atoms with van der Waals surface area (Å²) in [4.78, 5) is 11.5. The number of hydrogen-bond donors (Lipinski definition) is 1. The highest BCUT2D eigenvalue weighted by Gasteiger charge is 2.25. The van der Waals surface area contributed by atoms with Gasteiger partial charge in [0.05, 0.1) is 18.2 Å². The fourth-order valence-corrected chi connectivity index (χ4v) is 3.77. The van der Waals surface area contributed by atoms with Gasteiger partial charge in [-0.1, -0.05) is 35.0 Å². The molecule has 0 saturated carbocycles. The topological polar surface area (TPSA) is 67.1 Å². The molecule has 1 aliphatic heterocycles. The van der Waals surface area contributed by atoms with Crippen molar-refractivity contribution in [3.63, 3.8) is 0 Å². The molecule has 1 saturated heterocycles. The second kappa shape index (κ2) is 7.03. The number of aromatic nitrogens is 3. The molecule has 1 fully saturated rings. The minimum atomic E-state index is 0.171. The van der Waals surface area contributed by atoms with Crippen molar-refractivity contribution in [2.45, 2.75) is 19.4 Å². The smallest absolute Gasteiger partial charge is 0.232 e. The molecule has 0 aliphatic carbocycles. The number of hydrogen-bond acceptors (Lipinski definition) is 7. The van der Waals surface area contributed by atoms with Crippen LogP contribution in [-0.2, 0) is 6.42 Å². The molecule has 0 bridgehead atoms. The van der Waals surface area contributed by atoms with Crippen LogP contribution in [0.3, 0.4) is 0 Å². The Morgan fingerprint density at radius 3 is 2.92 bits per heavy atom. The summed E-state index contributed by atoms with van der Waals surface area (Å²) in [7, 11) is 2.09. The Hall–Kier alpha value is -2.09. The Bertz CT molecular complexity index is 841. The van der Waals surface area contributed by atoms with Crippen LogP contribution in [0.2, 0.25) is 0 Å². The summed E-state index contributed by atoms with van der Waals surface area (Å²) in [5.74, 6) is 1.37. The van der Waals surface area contributed by atoms with Crippen molar-refractivity contribution in [1.82, 2.24) is 25.3 Å². The number of benzene rings is 1. The monoisotopic (exact) mass is 355 g/mol. The maximum absolute atomic E-state index is 5.45. The zero-order valence-electron chi connectivity index (χ0n) is 14.4. The summed E-state index contributed by atoms with van der Waals surface area (Å²) in [6.07, 6.45) is 0.569. The van der Waals surface area contributed by atoms with Gasteiger partial charge in [0.15, 0.2) is 5.82 Å². The minimum Gasteiger partial charge on any atom is -0.339 e. The average molecular weight is 355 g/mol. The highest BCUT2D eigenvalue weighted by Crippen LogP contribution is 2.25. The first kappa shape index (κ1) is 16.4. The highest BCUT2D eigenvalue weighted by atomic mass is 32.1. The molecule has 0 amide bonds. The molecule has 1 aliphatic rings. The molecule has 0 spiro atoms. The summed E-state index contributed by atoms with van der Waals surface area (Å²) in [5.41, 5.74) is 3.36. The summed E-state index contributed by atoms with van der Waals surface area (Å²) < 4.78 is 5.45. The van der Waals surface area contributed by atoms with Gasteiger partial charge in [-0.2, -0.15) is 4.98 Å². The van der Waals surface area contributed by atoms with Gasteiger partial charge in [-0.3, -0.25) is 4.90 Å². The van der Waals surface area contributed by atoms with Crippen LogP contribution in [-0.4, -0.2) is 46.7 Å². The Morgan fingerprint density at radius 2 is 2.12 bits per heavy atom. The summed E-state index contributed by atoms with van der Waals surface area (Å²) >= 11 is 1.64. The lowest BCUT2D eigenvalue weighted by Gasteiger charge is -2.30. The number of nitrogens with one attached hydrogen (secondary N) is 1. The molecule has 1 unspecified atom stereocenters. The third kappa shape index (κ3) is 3.63. The normalized spacial score (nSPS) is 18.6. The van der Waals surface area contributed by atoms with E-state index in [2.05, 4.69) is 64.0 Å². The molecule has 1 N–H and O–H groups in total. The van der Waals surface area contributed by atoms with E-state index in [-0.39, 0.29) is 6.04 Å². The second-order valence-corrected chi connectivity index (χ2v) is 7.29. The zero-order chi connectivity index (χ0) is 17.2. The third-order valence-corrected chi connectivity index (χ3v) is 5.42.